The Balaban J connectivity index is 0. The van der Waals surface area contributed by atoms with Gasteiger partial charge in [-0.15, -0.1) is 12.4 Å². The summed E-state index contributed by atoms with van der Waals surface area (Å²) >= 11 is 0. The zero-order valence-corrected chi connectivity index (χ0v) is 9.07. The summed E-state index contributed by atoms with van der Waals surface area (Å²) in [6, 6.07) is -0.768. The van der Waals surface area contributed by atoms with Gasteiger partial charge in [-0.1, -0.05) is 0 Å². The molecule has 78 valence electrons. The number of halogens is 1. The lowest BCUT2D eigenvalue weighted by molar-refractivity contribution is -0.122. The Hall–Kier alpha value is -0.970. The second-order valence-electron chi connectivity index (χ2n) is 2.68. The SMILES string of the molecule is CNC(=O)[C@@H](C)NC(=O)N(C)C.Cl. The van der Waals surface area contributed by atoms with Crippen LogP contribution < -0.4 is 10.6 Å². The standard InChI is InChI=1S/C7H15N3O2.ClH/c1-5(6(11)8-2)9-7(12)10(3)4;/h5H,1-4H3,(H,8,11)(H,9,12);1H/t5-;/m1./s1. The third kappa shape index (κ3) is 5.30. The van der Waals surface area contributed by atoms with Crippen molar-refractivity contribution in [1.82, 2.24) is 15.5 Å². The molecule has 0 heterocycles. The minimum absolute atomic E-state index is 0. The molecule has 5 nitrogen and oxygen atoms in total. The van der Waals surface area contributed by atoms with Gasteiger partial charge in [-0.05, 0) is 6.92 Å². The number of hydrogen-bond donors (Lipinski definition) is 2. The Morgan fingerprint density at radius 3 is 2.08 bits per heavy atom. The topological polar surface area (TPSA) is 61.4 Å². The largest absolute Gasteiger partial charge is 0.357 e. The average molecular weight is 210 g/mol. The highest BCUT2D eigenvalue weighted by molar-refractivity contribution is 5.86. The zero-order valence-electron chi connectivity index (χ0n) is 8.25. The molecular weight excluding hydrogens is 194 g/mol. The van der Waals surface area contributed by atoms with Crippen molar-refractivity contribution in [1.29, 1.82) is 0 Å². The van der Waals surface area contributed by atoms with Crippen LogP contribution in [0.4, 0.5) is 4.79 Å². The Kier molecular flexibility index (Phi) is 7.31. The Morgan fingerprint density at radius 2 is 1.77 bits per heavy atom. The van der Waals surface area contributed by atoms with Gasteiger partial charge in [0.2, 0.25) is 5.91 Å². The number of hydrogen-bond acceptors (Lipinski definition) is 2. The lowest BCUT2D eigenvalue weighted by Gasteiger charge is -2.16. The zero-order chi connectivity index (χ0) is 9.72. The number of rotatable bonds is 2. The average Bonchev–Trinajstić information content (AvgIpc) is 2.02. The molecule has 0 unspecified atom stereocenters. The monoisotopic (exact) mass is 209 g/mol. The Labute approximate surface area is 84.3 Å². The van der Waals surface area contributed by atoms with Crippen LogP contribution in [0.3, 0.4) is 0 Å². The van der Waals surface area contributed by atoms with E-state index in [4.69, 9.17) is 0 Å². The van der Waals surface area contributed by atoms with Gasteiger partial charge in [0.15, 0.2) is 0 Å². The second-order valence-corrected chi connectivity index (χ2v) is 2.68. The molecule has 0 fully saturated rings. The van der Waals surface area contributed by atoms with E-state index in [-0.39, 0.29) is 24.3 Å². The summed E-state index contributed by atoms with van der Waals surface area (Å²) in [5.74, 6) is -0.204. The van der Waals surface area contributed by atoms with E-state index in [0.29, 0.717) is 0 Å². The maximum absolute atomic E-state index is 11.0. The number of carbonyl (C=O) groups excluding carboxylic acids is 2. The molecule has 0 bridgehead atoms. The van der Waals surface area contributed by atoms with Gasteiger partial charge in [0, 0.05) is 21.1 Å². The highest BCUT2D eigenvalue weighted by atomic mass is 35.5. The molecule has 2 N–H and O–H groups in total. The Morgan fingerprint density at radius 1 is 1.31 bits per heavy atom. The number of likely N-dealkylation sites (N-methyl/N-ethyl adjacent to an activating group) is 1. The van der Waals surface area contributed by atoms with Crippen LogP contribution in [-0.2, 0) is 4.79 Å². The first-order valence-corrected chi connectivity index (χ1v) is 3.68. The highest BCUT2D eigenvalue weighted by Crippen LogP contribution is 1.84. The quantitative estimate of drug-likeness (QED) is 0.663. The number of nitrogens with zero attached hydrogens (tertiary/aromatic N) is 1. The number of urea groups is 1. The van der Waals surface area contributed by atoms with E-state index in [1.165, 1.54) is 11.9 Å². The van der Waals surface area contributed by atoms with E-state index in [2.05, 4.69) is 10.6 Å². The second kappa shape index (κ2) is 6.54. The van der Waals surface area contributed by atoms with Gasteiger partial charge >= 0.3 is 6.03 Å². The first-order valence-electron chi connectivity index (χ1n) is 3.68. The van der Waals surface area contributed by atoms with E-state index in [9.17, 15) is 9.59 Å². The first kappa shape index (κ1) is 14.5. The van der Waals surface area contributed by atoms with Gasteiger partial charge in [0.05, 0.1) is 0 Å². The minimum Gasteiger partial charge on any atom is -0.357 e. The molecule has 3 amide bonds. The third-order valence-electron chi connectivity index (χ3n) is 1.39. The molecule has 0 saturated carbocycles. The van der Waals surface area contributed by atoms with Gasteiger partial charge in [0.1, 0.15) is 6.04 Å². The van der Waals surface area contributed by atoms with Crippen molar-refractivity contribution in [2.75, 3.05) is 21.1 Å². The lowest BCUT2D eigenvalue weighted by Crippen LogP contribution is -2.47. The maximum atomic E-state index is 11.0. The van der Waals surface area contributed by atoms with E-state index in [1.54, 1.807) is 21.0 Å². The van der Waals surface area contributed by atoms with Crippen LogP contribution in [0.5, 0.6) is 0 Å². The van der Waals surface area contributed by atoms with Crippen molar-refractivity contribution in [3.63, 3.8) is 0 Å². The first-order chi connectivity index (χ1) is 5.49. The van der Waals surface area contributed by atoms with Gasteiger partial charge in [-0.2, -0.15) is 0 Å². The normalized spacial score (nSPS) is 10.8. The van der Waals surface area contributed by atoms with Crippen molar-refractivity contribution in [3.05, 3.63) is 0 Å². The number of nitrogens with one attached hydrogen (secondary N) is 2. The number of amides is 3. The van der Waals surface area contributed by atoms with Crippen LogP contribution in [-0.4, -0.2) is 44.0 Å². The molecule has 0 aromatic rings. The molecule has 13 heavy (non-hydrogen) atoms. The predicted molar refractivity (Wildman–Crippen MR) is 53.0 cm³/mol. The third-order valence-corrected chi connectivity index (χ3v) is 1.39. The summed E-state index contributed by atoms with van der Waals surface area (Å²) in [6.45, 7) is 1.63. The van der Waals surface area contributed by atoms with Gasteiger partial charge in [-0.25, -0.2) is 4.79 Å². The molecule has 0 aromatic heterocycles. The van der Waals surface area contributed by atoms with Crippen LogP contribution in [0.25, 0.3) is 0 Å². The van der Waals surface area contributed by atoms with Gasteiger partial charge in [-0.3, -0.25) is 4.79 Å². The molecule has 0 aliphatic heterocycles. The fourth-order valence-electron chi connectivity index (χ4n) is 0.596. The molecule has 0 radical (unpaired) electrons. The summed E-state index contributed by atoms with van der Waals surface area (Å²) in [6.07, 6.45) is 0. The summed E-state index contributed by atoms with van der Waals surface area (Å²) in [5, 5.41) is 4.94. The van der Waals surface area contributed by atoms with E-state index >= 15 is 0 Å². The minimum atomic E-state index is -0.495. The van der Waals surface area contributed by atoms with Gasteiger partial charge in [0.25, 0.3) is 0 Å². The maximum Gasteiger partial charge on any atom is 0.317 e. The lowest BCUT2D eigenvalue weighted by atomic mass is 10.3. The van der Waals surface area contributed by atoms with Crippen LogP contribution in [0.2, 0.25) is 0 Å². The summed E-state index contributed by atoms with van der Waals surface area (Å²) < 4.78 is 0. The van der Waals surface area contributed by atoms with E-state index < -0.39 is 6.04 Å². The van der Waals surface area contributed by atoms with E-state index in [0.717, 1.165) is 0 Å². The highest BCUT2D eigenvalue weighted by Gasteiger charge is 2.14. The summed E-state index contributed by atoms with van der Waals surface area (Å²) in [7, 11) is 4.76. The van der Waals surface area contributed by atoms with Crippen LogP contribution in [0, 0.1) is 0 Å². The predicted octanol–water partition coefficient (Wildman–Crippen LogP) is -0.186. The fraction of sp³-hybridized carbons (Fsp3) is 0.714. The van der Waals surface area contributed by atoms with Crippen molar-refractivity contribution in [3.8, 4) is 0 Å². The van der Waals surface area contributed by atoms with Crippen LogP contribution in [0.15, 0.2) is 0 Å². The Bertz CT molecular complexity index is 185. The molecule has 0 spiro atoms. The molecule has 0 saturated heterocycles. The molecule has 0 aliphatic carbocycles. The van der Waals surface area contributed by atoms with Crippen molar-refractivity contribution in [2.45, 2.75) is 13.0 Å². The molecule has 0 aliphatic rings. The van der Waals surface area contributed by atoms with E-state index in [1.807, 2.05) is 0 Å². The fourth-order valence-corrected chi connectivity index (χ4v) is 0.596. The van der Waals surface area contributed by atoms with Gasteiger partial charge < -0.3 is 15.5 Å². The van der Waals surface area contributed by atoms with Crippen LogP contribution >= 0.6 is 12.4 Å². The summed E-state index contributed by atoms with van der Waals surface area (Å²) in [5.41, 5.74) is 0. The van der Waals surface area contributed by atoms with Crippen molar-refractivity contribution >= 4 is 24.3 Å². The molecule has 0 rings (SSSR count). The molecular formula is C7H16ClN3O2. The number of carbonyl (C=O) groups is 2. The molecule has 6 heteroatoms. The molecule has 1 atom stereocenters. The van der Waals surface area contributed by atoms with Crippen molar-refractivity contribution < 1.29 is 9.59 Å². The molecule has 0 aromatic carbocycles. The smallest absolute Gasteiger partial charge is 0.317 e. The van der Waals surface area contributed by atoms with Crippen molar-refractivity contribution in [2.24, 2.45) is 0 Å². The van der Waals surface area contributed by atoms with Crippen LogP contribution in [0.1, 0.15) is 6.92 Å². The summed E-state index contributed by atoms with van der Waals surface area (Å²) in [4.78, 5) is 23.3.